The van der Waals surface area contributed by atoms with Crippen molar-refractivity contribution in [1.82, 2.24) is 9.97 Å². The van der Waals surface area contributed by atoms with Crippen molar-refractivity contribution in [2.45, 2.75) is 33.1 Å². The molecule has 0 aliphatic carbocycles. The molecule has 1 unspecified atom stereocenters. The molecule has 0 spiro atoms. The number of H-pyrrole nitrogens is 1. The van der Waals surface area contributed by atoms with Gasteiger partial charge in [0.1, 0.15) is 0 Å². The summed E-state index contributed by atoms with van der Waals surface area (Å²) in [6.45, 7) is 4.08. The predicted octanol–water partition coefficient (Wildman–Crippen LogP) is 2.09. The fraction of sp³-hybridized carbons (Fsp3) is 0.636. The second kappa shape index (κ2) is 5.53. The highest BCUT2D eigenvalue weighted by Gasteiger charge is 2.26. The molecule has 1 heterocycles. The Bertz CT molecular complexity index is 292. The van der Waals surface area contributed by atoms with Crippen molar-refractivity contribution in [3.05, 3.63) is 18.2 Å². The minimum atomic E-state index is -0.710. The van der Waals surface area contributed by atoms with Crippen LogP contribution in [0, 0.1) is 11.8 Å². The van der Waals surface area contributed by atoms with E-state index in [0.29, 0.717) is 6.42 Å². The number of nitrogens with zero attached hydrogens (tertiary/aromatic N) is 1. The molecule has 0 aliphatic heterocycles. The van der Waals surface area contributed by atoms with E-state index in [0.717, 1.165) is 18.5 Å². The number of carboxylic acids is 1. The molecule has 0 aromatic carbocycles. The third kappa shape index (κ3) is 3.08. The summed E-state index contributed by atoms with van der Waals surface area (Å²) >= 11 is 0. The topological polar surface area (TPSA) is 66.0 Å². The van der Waals surface area contributed by atoms with E-state index in [4.69, 9.17) is 0 Å². The Morgan fingerprint density at radius 3 is 2.60 bits per heavy atom. The summed E-state index contributed by atoms with van der Waals surface area (Å²) in [5.41, 5.74) is 0.898. The summed E-state index contributed by atoms with van der Waals surface area (Å²) in [6, 6.07) is 0. The van der Waals surface area contributed by atoms with Crippen LogP contribution in [0.5, 0.6) is 0 Å². The molecule has 0 saturated heterocycles. The van der Waals surface area contributed by atoms with Crippen LogP contribution in [0.15, 0.2) is 12.5 Å². The lowest BCUT2D eigenvalue weighted by molar-refractivity contribution is -0.143. The Morgan fingerprint density at radius 1 is 1.53 bits per heavy atom. The highest BCUT2D eigenvalue weighted by molar-refractivity contribution is 5.70. The standard InChI is InChI=1S/C11H18N2O2/c1-3-8(4-2)10(11(14)15)5-9-6-12-7-13-9/h6-8,10H,3-5H2,1-2H3,(H,12,13)(H,14,15). The Hall–Kier alpha value is -1.32. The summed E-state index contributed by atoms with van der Waals surface area (Å²) < 4.78 is 0. The highest BCUT2D eigenvalue weighted by Crippen LogP contribution is 2.23. The van der Waals surface area contributed by atoms with Crippen LogP contribution in [0.2, 0.25) is 0 Å². The molecule has 0 aliphatic rings. The number of hydrogen-bond acceptors (Lipinski definition) is 2. The van der Waals surface area contributed by atoms with Gasteiger partial charge in [0.2, 0.25) is 0 Å². The van der Waals surface area contributed by atoms with Gasteiger partial charge in [-0.25, -0.2) is 4.98 Å². The Labute approximate surface area is 89.7 Å². The molecule has 0 bridgehead atoms. The Kier molecular flexibility index (Phi) is 4.34. The van der Waals surface area contributed by atoms with E-state index in [-0.39, 0.29) is 11.8 Å². The predicted molar refractivity (Wildman–Crippen MR) is 57.5 cm³/mol. The number of aromatic nitrogens is 2. The molecule has 4 nitrogen and oxygen atoms in total. The smallest absolute Gasteiger partial charge is 0.307 e. The first-order valence-electron chi connectivity index (χ1n) is 5.39. The minimum absolute atomic E-state index is 0.241. The number of aromatic amines is 1. The second-order valence-electron chi connectivity index (χ2n) is 3.80. The molecule has 2 N–H and O–H groups in total. The fourth-order valence-electron chi connectivity index (χ4n) is 1.95. The molecule has 0 amide bonds. The number of rotatable bonds is 6. The molecule has 4 heteroatoms. The maximum atomic E-state index is 11.2. The third-order valence-corrected chi connectivity index (χ3v) is 2.93. The first-order chi connectivity index (χ1) is 7.19. The van der Waals surface area contributed by atoms with Gasteiger partial charge in [-0.2, -0.15) is 0 Å². The zero-order chi connectivity index (χ0) is 11.3. The van der Waals surface area contributed by atoms with Gasteiger partial charge in [-0.15, -0.1) is 0 Å². The summed E-state index contributed by atoms with van der Waals surface area (Å²) in [5.74, 6) is -0.774. The molecular weight excluding hydrogens is 192 g/mol. The third-order valence-electron chi connectivity index (χ3n) is 2.93. The average Bonchev–Trinajstić information content (AvgIpc) is 2.70. The van der Waals surface area contributed by atoms with Crippen LogP contribution in [0.4, 0.5) is 0 Å². The summed E-state index contributed by atoms with van der Waals surface area (Å²) in [7, 11) is 0. The van der Waals surface area contributed by atoms with Crippen molar-refractivity contribution in [2.24, 2.45) is 11.8 Å². The van der Waals surface area contributed by atoms with Crippen LogP contribution in [0.1, 0.15) is 32.4 Å². The molecule has 0 saturated carbocycles. The maximum Gasteiger partial charge on any atom is 0.307 e. The van der Waals surface area contributed by atoms with Crippen LogP contribution < -0.4 is 0 Å². The van der Waals surface area contributed by atoms with Crippen LogP contribution >= 0.6 is 0 Å². The Balaban J connectivity index is 2.70. The van der Waals surface area contributed by atoms with E-state index in [2.05, 4.69) is 9.97 Å². The molecule has 0 radical (unpaired) electrons. The zero-order valence-corrected chi connectivity index (χ0v) is 9.23. The van der Waals surface area contributed by atoms with E-state index < -0.39 is 5.97 Å². The number of aliphatic carboxylic acids is 1. The van der Waals surface area contributed by atoms with Crippen molar-refractivity contribution in [1.29, 1.82) is 0 Å². The lowest BCUT2D eigenvalue weighted by Crippen LogP contribution is -2.25. The average molecular weight is 210 g/mol. The van der Waals surface area contributed by atoms with Gasteiger partial charge >= 0.3 is 5.97 Å². The fourth-order valence-corrected chi connectivity index (χ4v) is 1.95. The molecule has 1 aromatic rings. The van der Waals surface area contributed by atoms with Gasteiger partial charge in [0.05, 0.1) is 12.2 Å². The van der Waals surface area contributed by atoms with Gasteiger partial charge < -0.3 is 10.1 Å². The summed E-state index contributed by atoms with van der Waals surface area (Å²) in [6.07, 6.45) is 5.63. The van der Waals surface area contributed by atoms with Gasteiger partial charge in [0, 0.05) is 18.3 Å². The lowest BCUT2D eigenvalue weighted by Gasteiger charge is -2.20. The SMILES string of the molecule is CCC(CC)C(Cc1cnc[nH]1)C(=O)O. The quantitative estimate of drug-likeness (QED) is 0.755. The van der Waals surface area contributed by atoms with Crippen molar-refractivity contribution in [3.63, 3.8) is 0 Å². The molecule has 0 fully saturated rings. The van der Waals surface area contributed by atoms with E-state index >= 15 is 0 Å². The minimum Gasteiger partial charge on any atom is -0.481 e. The van der Waals surface area contributed by atoms with Crippen LogP contribution in [0.25, 0.3) is 0 Å². The van der Waals surface area contributed by atoms with Crippen molar-refractivity contribution in [2.75, 3.05) is 0 Å². The molecule has 1 rings (SSSR count). The summed E-state index contributed by atoms with van der Waals surface area (Å²) in [5, 5.41) is 9.17. The first kappa shape index (κ1) is 11.8. The number of nitrogens with one attached hydrogen (secondary N) is 1. The Morgan fingerprint density at radius 2 is 2.20 bits per heavy atom. The number of carboxylic acid groups (broad SMARTS) is 1. The van der Waals surface area contributed by atoms with Crippen LogP contribution in [0.3, 0.4) is 0 Å². The number of imidazole rings is 1. The second-order valence-corrected chi connectivity index (χ2v) is 3.80. The van der Waals surface area contributed by atoms with Gasteiger partial charge in [0.25, 0.3) is 0 Å². The number of hydrogen-bond donors (Lipinski definition) is 2. The first-order valence-corrected chi connectivity index (χ1v) is 5.39. The van der Waals surface area contributed by atoms with Crippen LogP contribution in [-0.2, 0) is 11.2 Å². The normalized spacial score (nSPS) is 13.0. The monoisotopic (exact) mass is 210 g/mol. The molecule has 15 heavy (non-hydrogen) atoms. The van der Waals surface area contributed by atoms with Crippen molar-refractivity contribution < 1.29 is 9.90 Å². The van der Waals surface area contributed by atoms with Gasteiger partial charge in [0.15, 0.2) is 0 Å². The van der Waals surface area contributed by atoms with E-state index in [1.807, 2.05) is 13.8 Å². The molecular formula is C11H18N2O2. The van der Waals surface area contributed by atoms with E-state index in [1.54, 1.807) is 12.5 Å². The summed E-state index contributed by atoms with van der Waals surface area (Å²) in [4.78, 5) is 18.0. The molecule has 1 aromatic heterocycles. The van der Waals surface area contributed by atoms with E-state index in [9.17, 15) is 9.90 Å². The van der Waals surface area contributed by atoms with Crippen LogP contribution in [-0.4, -0.2) is 21.0 Å². The highest BCUT2D eigenvalue weighted by atomic mass is 16.4. The zero-order valence-electron chi connectivity index (χ0n) is 9.23. The lowest BCUT2D eigenvalue weighted by atomic mass is 9.85. The van der Waals surface area contributed by atoms with Crippen molar-refractivity contribution in [3.8, 4) is 0 Å². The maximum absolute atomic E-state index is 11.2. The van der Waals surface area contributed by atoms with Crippen molar-refractivity contribution >= 4 is 5.97 Å². The van der Waals surface area contributed by atoms with Gasteiger partial charge in [-0.3, -0.25) is 4.79 Å². The van der Waals surface area contributed by atoms with Gasteiger partial charge in [-0.1, -0.05) is 26.7 Å². The van der Waals surface area contributed by atoms with Gasteiger partial charge in [-0.05, 0) is 5.92 Å². The number of carbonyl (C=O) groups is 1. The largest absolute Gasteiger partial charge is 0.481 e. The molecule has 84 valence electrons. The van der Waals surface area contributed by atoms with E-state index in [1.165, 1.54) is 0 Å². The molecule has 1 atom stereocenters.